The van der Waals surface area contributed by atoms with E-state index in [9.17, 15) is 9.69 Å². The monoisotopic (exact) mass is 219 g/mol. The van der Waals surface area contributed by atoms with Gasteiger partial charge in [-0.25, -0.2) is 0 Å². The smallest absolute Gasteiger partial charge is 0.350 e. The molecule has 0 radical (unpaired) electrons. The lowest BCUT2D eigenvalue weighted by molar-refractivity contribution is -0.154. The van der Waals surface area contributed by atoms with Crippen molar-refractivity contribution in [3.05, 3.63) is 0 Å². The van der Waals surface area contributed by atoms with Crippen molar-refractivity contribution in [2.24, 2.45) is 0 Å². The molecule has 0 saturated heterocycles. The van der Waals surface area contributed by atoms with E-state index in [-0.39, 0.29) is 0 Å². The fourth-order valence-electron chi connectivity index (χ4n) is 0.440. The van der Waals surface area contributed by atoms with Crippen molar-refractivity contribution in [1.82, 2.24) is 4.42 Å². The molecule has 1 atom stereocenters. The summed E-state index contributed by atoms with van der Waals surface area (Å²) in [5.74, 6) is 0.220. The van der Waals surface area contributed by atoms with Gasteiger partial charge >= 0.3 is 9.98 Å². The van der Waals surface area contributed by atoms with E-state index in [1.165, 1.54) is 0 Å². The van der Waals surface area contributed by atoms with Gasteiger partial charge in [-0.3, -0.25) is 4.79 Å². The summed E-state index contributed by atoms with van der Waals surface area (Å²) in [5, 5.41) is 0. The molecule has 1 unspecified atom stereocenters. The van der Waals surface area contributed by atoms with Crippen LogP contribution in [0.4, 0.5) is 0 Å². The van der Waals surface area contributed by atoms with E-state index in [1.807, 2.05) is 0 Å². The number of amides is 1. The first kappa shape index (κ1) is 8.57. The molecule has 0 aromatic carbocycles. The lowest BCUT2D eigenvalue weighted by Crippen LogP contribution is -2.27. The molecule has 0 bridgehead atoms. The largest absolute Gasteiger partial charge is 0.626 e. The number of carbonyl (C=O) groups is 1. The third-order valence-corrected chi connectivity index (χ3v) is 3.83. The maximum Gasteiger partial charge on any atom is 0.350 e. The third kappa shape index (κ3) is 1.13. The number of nitrogens with zero attached hydrogens (tertiary/aromatic N) is 1. The quantitative estimate of drug-likeness (QED) is 0.341. The predicted octanol–water partition coefficient (Wildman–Crippen LogP) is 0.631. The summed E-state index contributed by atoms with van der Waals surface area (Å²) < 4.78 is -1.25. The molecule has 0 aromatic rings. The predicted molar refractivity (Wildman–Crippen MR) is 40.1 cm³/mol. The summed E-state index contributed by atoms with van der Waals surface area (Å²) in [7, 11) is -2.09. The van der Waals surface area contributed by atoms with Gasteiger partial charge in [0.1, 0.15) is 7.77 Å². The van der Waals surface area contributed by atoms with Crippen LogP contribution in [0.1, 0.15) is 0 Å². The van der Waals surface area contributed by atoms with Gasteiger partial charge in [-0.2, -0.15) is 4.42 Å². The average molecular weight is 220 g/mol. The molecule has 1 heterocycles. The minimum Gasteiger partial charge on any atom is -0.626 e. The van der Waals surface area contributed by atoms with Crippen molar-refractivity contribution in [1.29, 1.82) is 0 Å². The number of hydrogen-bond acceptors (Lipinski definition) is 2. The maximum atomic E-state index is 10.8. The molecule has 0 aromatic heterocycles. The number of alkyl halides is 2. The first-order chi connectivity index (χ1) is 4.46. The van der Waals surface area contributed by atoms with Gasteiger partial charge < -0.3 is 4.89 Å². The summed E-state index contributed by atoms with van der Waals surface area (Å²) in [5.41, 5.74) is 0. The van der Waals surface area contributed by atoms with Crippen LogP contribution in [0.3, 0.4) is 0 Å². The number of halogens is 3. The Labute approximate surface area is 73.0 Å². The van der Waals surface area contributed by atoms with Gasteiger partial charge in [-0.05, 0) is 23.2 Å². The SMILES string of the molecule is O=C1N(Cl)C=[P+]([O-])C1(Cl)Cl. The molecule has 7 heteroatoms. The molecule has 10 heavy (non-hydrogen) atoms. The van der Waals surface area contributed by atoms with E-state index in [0.717, 1.165) is 5.92 Å². The molecule has 1 rings (SSSR count). The Bertz CT molecular complexity index is 216. The molecule has 56 valence electrons. The van der Waals surface area contributed by atoms with Gasteiger partial charge in [0.15, 0.2) is 5.92 Å². The van der Waals surface area contributed by atoms with Gasteiger partial charge in [0, 0.05) is 11.8 Å². The van der Waals surface area contributed by atoms with E-state index in [2.05, 4.69) is 0 Å². The molecule has 0 spiro atoms. The minimum atomic E-state index is -2.09. The molecule has 1 aliphatic rings. The van der Waals surface area contributed by atoms with Crippen LogP contribution in [-0.2, 0) is 4.79 Å². The number of carbonyl (C=O) groups excluding carboxylic acids is 1. The fourth-order valence-corrected chi connectivity index (χ4v) is 2.12. The van der Waals surface area contributed by atoms with E-state index >= 15 is 0 Å². The van der Waals surface area contributed by atoms with Gasteiger partial charge in [-0.1, -0.05) is 0 Å². The Kier molecular flexibility index (Phi) is 2.15. The first-order valence-electron chi connectivity index (χ1n) is 2.15. The van der Waals surface area contributed by atoms with Crippen molar-refractivity contribution in [3.63, 3.8) is 0 Å². The highest BCUT2D eigenvalue weighted by Gasteiger charge is 2.51. The highest BCUT2D eigenvalue weighted by molar-refractivity contribution is 7.59. The Balaban J connectivity index is 3.00. The van der Waals surface area contributed by atoms with E-state index < -0.39 is 17.8 Å². The second kappa shape index (κ2) is 2.50. The van der Waals surface area contributed by atoms with Crippen LogP contribution in [0.25, 0.3) is 0 Å². The number of rotatable bonds is 0. The van der Waals surface area contributed by atoms with Crippen molar-refractivity contribution >= 4 is 54.6 Å². The zero-order valence-corrected chi connectivity index (χ0v) is 7.58. The molecular formula is C3HCl3NO2P. The van der Waals surface area contributed by atoms with Crippen molar-refractivity contribution in [3.8, 4) is 0 Å². The van der Waals surface area contributed by atoms with Gasteiger partial charge in [0.2, 0.25) is 0 Å². The van der Waals surface area contributed by atoms with Gasteiger partial charge in [-0.15, -0.1) is 0 Å². The van der Waals surface area contributed by atoms with E-state index in [1.54, 1.807) is 0 Å². The maximum absolute atomic E-state index is 10.8. The summed E-state index contributed by atoms with van der Waals surface area (Å²) in [6.07, 6.45) is 0. The van der Waals surface area contributed by atoms with Crippen LogP contribution in [0.5, 0.6) is 0 Å². The summed E-state index contributed by atoms with van der Waals surface area (Å²) >= 11 is 15.9. The van der Waals surface area contributed by atoms with Crippen LogP contribution in [0.15, 0.2) is 0 Å². The topological polar surface area (TPSA) is 43.4 Å². The molecular weight excluding hydrogens is 219 g/mol. The molecule has 0 aliphatic carbocycles. The molecule has 1 aliphatic heterocycles. The second-order valence-electron chi connectivity index (χ2n) is 1.60. The Morgan fingerprint density at radius 2 is 2.20 bits per heavy atom. The van der Waals surface area contributed by atoms with Crippen LogP contribution in [0.2, 0.25) is 0 Å². The third-order valence-electron chi connectivity index (χ3n) is 0.934. The van der Waals surface area contributed by atoms with E-state index in [4.69, 9.17) is 35.0 Å². The minimum absolute atomic E-state index is 0.610. The van der Waals surface area contributed by atoms with Crippen LogP contribution >= 0.6 is 42.8 Å². The lowest BCUT2D eigenvalue weighted by atomic mass is 10.7. The Morgan fingerprint density at radius 1 is 1.70 bits per heavy atom. The van der Waals surface area contributed by atoms with Crippen molar-refractivity contribution in [2.75, 3.05) is 0 Å². The standard InChI is InChI=1S/C3HCl3NO2P/c4-3(5)2(8)7(6)1-10(3)9/h1H. The van der Waals surface area contributed by atoms with Gasteiger partial charge in [0.05, 0.1) is 0 Å². The molecule has 0 N–H and O–H groups in total. The molecule has 3 nitrogen and oxygen atoms in total. The first-order valence-corrected chi connectivity index (χ1v) is 4.57. The normalized spacial score (nSPS) is 27.0. The van der Waals surface area contributed by atoms with Crippen LogP contribution in [0, 0.1) is 0 Å². The fraction of sp³-hybridized carbons (Fsp3) is 0.333. The van der Waals surface area contributed by atoms with Crippen molar-refractivity contribution in [2.45, 2.75) is 4.07 Å². The molecule has 1 amide bonds. The summed E-state index contributed by atoms with van der Waals surface area (Å²) in [6.45, 7) is 0. The zero-order valence-electron chi connectivity index (χ0n) is 4.42. The summed E-state index contributed by atoms with van der Waals surface area (Å²) in [6, 6.07) is 0. The highest BCUT2D eigenvalue weighted by atomic mass is 35.5. The Morgan fingerprint density at radius 3 is 2.30 bits per heavy atom. The zero-order chi connectivity index (χ0) is 7.94. The Hall–Kier alpha value is 0.470. The van der Waals surface area contributed by atoms with Crippen LogP contribution in [-0.4, -0.2) is 20.3 Å². The average Bonchev–Trinajstić information content (AvgIpc) is 1.97. The van der Waals surface area contributed by atoms with E-state index in [0.29, 0.717) is 4.42 Å². The molecule has 0 saturated carbocycles. The lowest BCUT2D eigenvalue weighted by Gasteiger charge is -2.05. The number of hydrogen-bond donors (Lipinski definition) is 0. The molecule has 0 fully saturated rings. The van der Waals surface area contributed by atoms with Crippen LogP contribution < -0.4 is 4.89 Å². The van der Waals surface area contributed by atoms with Gasteiger partial charge in [0.25, 0.3) is 0 Å². The second-order valence-corrected chi connectivity index (χ2v) is 5.37. The summed E-state index contributed by atoms with van der Waals surface area (Å²) in [4.78, 5) is 21.6. The van der Waals surface area contributed by atoms with Crippen molar-refractivity contribution < 1.29 is 9.69 Å². The highest BCUT2D eigenvalue weighted by Crippen LogP contribution is 2.47.